The predicted octanol–water partition coefficient (Wildman–Crippen LogP) is 2.70. The standard InChI is InChI=1S/C17H31N3O.2ClH/c21-17(6-5-15-7-9-18-10-8-15)20-13-3-4-16(20)14-19-11-1-2-12-19;;/h15-16,18H,1-14H2;2*1H. The van der Waals surface area contributed by atoms with Crippen molar-refractivity contribution in [2.24, 2.45) is 5.92 Å². The van der Waals surface area contributed by atoms with Crippen LogP contribution < -0.4 is 5.32 Å². The van der Waals surface area contributed by atoms with E-state index in [0.717, 1.165) is 44.9 Å². The summed E-state index contributed by atoms with van der Waals surface area (Å²) in [6.07, 6.45) is 9.50. The Bertz CT molecular complexity index is 345. The van der Waals surface area contributed by atoms with Crippen LogP contribution in [0.4, 0.5) is 0 Å². The first-order chi connectivity index (χ1) is 10.3. The minimum atomic E-state index is 0. The highest BCUT2D eigenvalue weighted by atomic mass is 35.5. The van der Waals surface area contributed by atoms with Gasteiger partial charge in [-0.2, -0.15) is 0 Å². The van der Waals surface area contributed by atoms with Gasteiger partial charge in [0.2, 0.25) is 5.91 Å². The molecular weight excluding hydrogens is 333 g/mol. The zero-order valence-electron chi connectivity index (χ0n) is 14.2. The van der Waals surface area contributed by atoms with E-state index >= 15 is 0 Å². The minimum Gasteiger partial charge on any atom is -0.338 e. The van der Waals surface area contributed by atoms with Crippen LogP contribution in [0.15, 0.2) is 0 Å². The Morgan fingerprint density at radius 1 is 0.957 bits per heavy atom. The van der Waals surface area contributed by atoms with Crippen LogP contribution in [0.5, 0.6) is 0 Å². The number of rotatable bonds is 5. The maximum Gasteiger partial charge on any atom is 0.222 e. The summed E-state index contributed by atoms with van der Waals surface area (Å²) in [7, 11) is 0. The molecule has 0 spiro atoms. The van der Waals surface area contributed by atoms with E-state index in [1.807, 2.05) is 0 Å². The number of carbonyl (C=O) groups excluding carboxylic acids is 1. The van der Waals surface area contributed by atoms with Crippen LogP contribution >= 0.6 is 24.8 Å². The van der Waals surface area contributed by atoms with Crippen molar-refractivity contribution in [2.75, 3.05) is 39.3 Å². The number of carbonyl (C=O) groups is 1. The van der Waals surface area contributed by atoms with Crippen LogP contribution in [0, 0.1) is 5.92 Å². The largest absolute Gasteiger partial charge is 0.338 e. The second-order valence-electron chi connectivity index (χ2n) is 7.12. The molecule has 0 aromatic rings. The molecule has 3 fully saturated rings. The molecule has 6 heteroatoms. The van der Waals surface area contributed by atoms with E-state index in [1.54, 1.807) is 0 Å². The van der Waals surface area contributed by atoms with Crippen LogP contribution in [0.3, 0.4) is 0 Å². The van der Waals surface area contributed by atoms with Gasteiger partial charge >= 0.3 is 0 Å². The van der Waals surface area contributed by atoms with Gasteiger partial charge in [-0.05, 0) is 77.0 Å². The second kappa shape index (κ2) is 10.8. The number of piperidine rings is 1. The lowest BCUT2D eigenvalue weighted by Gasteiger charge is -2.29. The topological polar surface area (TPSA) is 35.6 Å². The smallest absolute Gasteiger partial charge is 0.222 e. The fourth-order valence-electron chi connectivity index (χ4n) is 4.26. The lowest BCUT2D eigenvalue weighted by Crippen LogP contribution is -2.42. The summed E-state index contributed by atoms with van der Waals surface area (Å²) in [6, 6.07) is 0.503. The predicted molar refractivity (Wildman–Crippen MR) is 99.7 cm³/mol. The average molecular weight is 366 g/mol. The fraction of sp³-hybridized carbons (Fsp3) is 0.941. The summed E-state index contributed by atoms with van der Waals surface area (Å²) in [6.45, 7) is 6.89. The van der Waals surface area contributed by atoms with E-state index in [4.69, 9.17) is 0 Å². The summed E-state index contributed by atoms with van der Waals surface area (Å²) in [5, 5.41) is 3.40. The van der Waals surface area contributed by atoms with Crippen molar-refractivity contribution < 1.29 is 4.79 Å². The first kappa shape index (κ1) is 21.0. The van der Waals surface area contributed by atoms with Crippen molar-refractivity contribution in [1.82, 2.24) is 15.1 Å². The van der Waals surface area contributed by atoms with Gasteiger partial charge in [-0.15, -0.1) is 24.8 Å². The average Bonchev–Trinajstić information content (AvgIpc) is 3.18. The first-order valence-electron chi connectivity index (χ1n) is 9.05. The van der Waals surface area contributed by atoms with Gasteiger partial charge in [0.1, 0.15) is 0 Å². The number of nitrogens with one attached hydrogen (secondary N) is 1. The summed E-state index contributed by atoms with van der Waals surface area (Å²) >= 11 is 0. The number of halogens is 2. The first-order valence-corrected chi connectivity index (χ1v) is 9.05. The third-order valence-corrected chi connectivity index (χ3v) is 5.59. The van der Waals surface area contributed by atoms with Crippen molar-refractivity contribution >= 4 is 30.7 Å². The molecule has 0 saturated carbocycles. The third-order valence-electron chi connectivity index (χ3n) is 5.59. The number of hydrogen-bond donors (Lipinski definition) is 1. The van der Waals surface area contributed by atoms with E-state index in [-0.39, 0.29) is 24.8 Å². The van der Waals surface area contributed by atoms with E-state index < -0.39 is 0 Å². The Morgan fingerprint density at radius 3 is 2.35 bits per heavy atom. The minimum absolute atomic E-state index is 0. The third kappa shape index (κ3) is 6.08. The van der Waals surface area contributed by atoms with E-state index in [0.29, 0.717) is 11.9 Å². The van der Waals surface area contributed by atoms with E-state index in [2.05, 4.69) is 15.1 Å². The van der Waals surface area contributed by atoms with Crippen molar-refractivity contribution in [3.05, 3.63) is 0 Å². The maximum atomic E-state index is 12.6. The monoisotopic (exact) mass is 365 g/mol. The zero-order valence-corrected chi connectivity index (χ0v) is 15.8. The molecule has 136 valence electrons. The molecule has 4 nitrogen and oxygen atoms in total. The molecule has 1 amide bonds. The summed E-state index contributed by atoms with van der Waals surface area (Å²) in [5.74, 6) is 1.20. The lowest BCUT2D eigenvalue weighted by atomic mass is 9.93. The molecule has 23 heavy (non-hydrogen) atoms. The number of nitrogens with zero attached hydrogens (tertiary/aromatic N) is 2. The Morgan fingerprint density at radius 2 is 1.65 bits per heavy atom. The molecule has 3 rings (SSSR count). The number of amides is 1. The quantitative estimate of drug-likeness (QED) is 0.813. The molecule has 0 bridgehead atoms. The van der Waals surface area contributed by atoms with Crippen LogP contribution in [0.1, 0.15) is 51.4 Å². The molecule has 1 unspecified atom stereocenters. The Kier molecular flexibility index (Phi) is 9.83. The van der Waals surface area contributed by atoms with Gasteiger partial charge < -0.3 is 15.1 Å². The van der Waals surface area contributed by atoms with Crippen LogP contribution in [0.25, 0.3) is 0 Å². The zero-order chi connectivity index (χ0) is 14.5. The molecule has 3 saturated heterocycles. The molecule has 3 aliphatic rings. The lowest BCUT2D eigenvalue weighted by molar-refractivity contribution is -0.132. The molecule has 1 atom stereocenters. The van der Waals surface area contributed by atoms with E-state index in [9.17, 15) is 4.79 Å². The summed E-state index contributed by atoms with van der Waals surface area (Å²) in [5.41, 5.74) is 0. The summed E-state index contributed by atoms with van der Waals surface area (Å²) < 4.78 is 0. The van der Waals surface area contributed by atoms with Crippen molar-refractivity contribution in [1.29, 1.82) is 0 Å². The van der Waals surface area contributed by atoms with Gasteiger partial charge in [0.15, 0.2) is 0 Å². The molecule has 0 aromatic carbocycles. The van der Waals surface area contributed by atoms with Gasteiger partial charge in [-0.3, -0.25) is 4.79 Å². The van der Waals surface area contributed by atoms with Crippen LogP contribution in [-0.4, -0.2) is 61.0 Å². The highest BCUT2D eigenvalue weighted by Gasteiger charge is 2.30. The van der Waals surface area contributed by atoms with Gasteiger partial charge in [0.25, 0.3) is 0 Å². The summed E-state index contributed by atoms with van der Waals surface area (Å²) in [4.78, 5) is 17.3. The maximum absolute atomic E-state index is 12.6. The molecule has 0 aromatic heterocycles. The second-order valence-corrected chi connectivity index (χ2v) is 7.12. The van der Waals surface area contributed by atoms with Gasteiger partial charge in [0, 0.05) is 25.6 Å². The number of likely N-dealkylation sites (tertiary alicyclic amines) is 2. The molecule has 1 N–H and O–H groups in total. The Labute approximate surface area is 153 Å². The fourth-order valence-corrected chi connectivity index (χ4v) is 4.26. The molecule has 3 aliphatic heterocycles. The van der Waals surface area contributed by atoms with Gasteiger partial charge in [-0.1, -0.05) is 0 Å². The van der Waals surface area contributed by atoms with Crippen molar-refractivity contribution in [2.45, 2.75) is 57.4 Å². The van der Waals surface area contributed by atoms with Crippen molar-refractivity contribution in [3.8, 4) is 0 Å². The normalized spacial score (nSPS) is 25.9. The molecule has 0 aliphatic carbocycles. The van der Waals surface area contributed by atoms with Crippen molar-refractivity contribution in [3.63, 3.8) is 0 Å². The highest BCUT2D eigenvalue weighted by molar-refractivity contribution is 5.85. The molecule has 0 radical (unpaired) electrons. The molecule has 3 heterocycles. The number of hydrogen-bond acceptors (Lipinski definition) is 3. The van der Waals surface area contributed by atoms with Crippen LogP contribution in [0.2, 0.25) is 0 Å². The molecular formula is C17H33Cl2N3O. The Hall–Kier alpha value is -0.0300. The SMILES string of the molecule is Cl.Cl.O=C(CCC1CCNCC1)N1CCCC1CN1CCCC1. The van der Waals surface area contributed by atoms with Gasteiger partial charge in [0.05, 0.1) is 0 Å². The van der Waals surface area contributed by atoms with Crippen LogP contribution in [-0.2, 0) is 4.79 Å². The van der Waals surface area contributed by atoms with Gasteiger partial charge in [-0.25, -0.2) is 0 Å². The Balaban J connectivity index is 0.00000132. The van der Waals surface area contributed by atoms with E-state index in [1.165, 1.54) is 51.6 Å². The highest BCUT2D eigenvalue weighted by Crippen LogP contribution is 2.23.